The van der Waals surface area contributed by atoms with Gasteiger partial charge in [0, 0.05) is 23.5 Å². The Kier molecular flexibility index (Phi) is 7.14. The van der Waals surface area contributed by atoms with Gasteiger partial charge in [-0.1, -0.05) is 12.1 Å². The molecule has 0 saturated carbocycles. The van der Waals surface area contributed by atoms with Crippen LogP contribution in [0.2, 0.25) is 0 Å². The van der Waals surface area contributed by atoms with Crippen LogP contribution in [0, 0.1) is 0 Å². The van der Waals surface area contributed by atoms with E-state index in [0.29, 0.717) is 40.7 Å². The van der Waals surface area contributed by atoms with Crippen LogP contribution in [0.1, 0.15) is 10.4 Å². The molecule has 0 aliphatic heterocycles. The third-order valence-electron chi connectivity index (χ3n) is 3.21. The number of carbonyl (C=O) groups is 2. The van der Waals surface area contributed by atoms with E-state index in [-0.39, 0.29) is 5.91 Å². The normalized spacial score (nSPS) is 9.54. The minimum Gasteiger partial charge on any atom is -0.359 e. The van der Waals surface area contributed by atoms with Gasteiger partial charge in [0.15, 0.2) is 5.11 Å². The van der Waals surface area contributed by atoms with Crippen molar-refractivity contribution in [1.82, 2.24) is 10.7 Å². The van der Waals surface area contributed by atoms with Gasteiger partial charge in [0.25, 0.3) is 5.91 Å². The Bertz CT molecular complexity index is 792. The Hall–Kier alpha value is -3.39. The van der Waals surface area contributed by atoms with Gasteiger partial charge in [-0.2, -0.15) is 0 Å². The zero-order chi connectivity index (χ0) is 18.8. The summed E-state index contributed by atoms with van der Waals surface area (Å²) < 4.78 is 0. The molecule has 0 radical (unpaired) electrons. The minimum atomic E-state index is -0.245. The van der Waals surface area contributed by atoms with Gasteiger partial charge in [0.05, 0.1) is 5.69 Å². The first-order valence-corrected chi connectivity index (χ1v) is 8.15. The maximum atomic E-state index is 12.4. The molecule has 0 aliphatic rings. The summed E-state index contributed by atoms with van der Waals surface area (Å²) in [5.41, 5.74) is 7.55. The third-order valence-corrected chi connectivity index (χ3v) is 3.45. The Morgan fingerprint density at radius 1 is 1.04 bits per heavy atom. The highest BCUT2D eigenvalue weighted by molar-refractivity contribution is 7.80. The van der Waals surface area contributed by atoms with E-state index in [2.05, 4.69) is 33.4 Å². The van der Waals surface area contributed by atoms with Crippen molar-refractivity contribution < 1.29 is 9.59 Å². The molecule has 0 heterocycles. The fourth-order valence-corrected chi connectivity index (χ4v) is 2.23. The summed E-state index contributed by atoms with van der Waals surface area (Å²) in [6.45, 7) is 4.17. The van der Waals surface area contributed by atoms with E-state index < -0.39 is 0 Å². The van der Waals surface area contributed by atoms with Crippen LogP contribution in [0.4, 0.5) is 17.1 Å². The van der Waals surface area contributed by atoms with E-state index in [0.717, 1.165) is 0 Å². The van der Waals surface area contributed by atoms with Gasteiger partial charge in [0.1, 0.15) is 0 Å². The molecule has 2 aromatic carbocycles. The van der Waals surface area contributed by atoms with Crippen molar-refractivity contribution in [3.05, 3.63) is 66.7 Å². The van der Waals surface area contributed by atoms with Gasteiger partial charge >= 0.3 is 0 Å². The molecular weight excluding hydrogens is 350 g/mol. The lowest BCUT2D eigenvalue weighted by Crippen LogP contribution is -2.28. The number of carbonyl (C=O) groups excluding carboxylic acids is 2. The Morgan fingerprint density at radius 3 is 2.46 bits per heavy atom. The van der Waals surface area contributed by atoms with Crippen molar-refractivity contribution in [2.75, 3.05) is 22.6 Å². The van der Waals surface area contributed by atoms with Crippen LogP contribution < -0.4 is 26.8 Å². The highest BCUT2D eigenvalue weighted by atomic mass is 32.1. The molecule has 5 N–H and O–H groups in total. The Balaban J connectivity index is 1.98. The van der Waals surface area contributed by atoms with Crippen LogP contribution >= 0.6 is 12.2 Å². The second-order valence-corrected chi connectivity index (χ2v) is 5.53. The Labute approximate surface area is 156 Å². The predicted octanol–water partition coefficient (Wildman–Crippen LogP) is 2.48. The van der Waals surface area contributed by atoms with E-state index in [1.165, 1.54) is 0 Å². The summed E-state index contributed by atoms with van der Waals surface area (Å²) in [6.07, 6.45) is 2.24. The number of hydrogen-bond acceptors (Lipinski definition) is 4. The number of amides is 2. The quantitative estimate of drug-likeness (QED) is 0.212. The summed E-state index contributed by atoms with van der Waals surface area (Å²) in [4.78, 5) is 22.6. The molecule has 0 unspecified atom stereocenters. The van der Waals surface area contributed by atoms with Crippen molar-refractivity contribution in [3.63, 3.8) is 0 Å². The lowest BCUT2D eigenvalue weighted by atomic mass is 10.2. The molecule has 26 heavy (non-hydrogen) atoms. The summed E-state index contributed by atoms with van der Waals surface area (Å²) in [5, 5.41) is 9.23. The van der Waals surface area contributed by atoms with E-state index in [1.807, 2.05) is 6.07 Å². The summed E-state index contributed by atoms with van der Waals surface area (Å²) in [6, 6.07) is 13.9. The van der Waals surface area contributed by atoms with E-state index in [9.17, 15) is 9.59 Å². The standard InChI is InChI=1S/C18H19N5O2S/c1-2-10-19-18(26)22-16-5-3-4-13(11-16)17(25)21-14-6-8-15(9-7-14)23-20-12-24/h2-9,11-12,23H,1,10H2,(H,20,24)(H,21,25)(H2,19,22,26). The molecule has 0 aliphatic carbocycles. The summed E-state index contributed by atoms with van der Waals surface area (Å²) in [7, 11) is 0. The van der Waals surface area contributed by atoms with Crippen LogP contribution in [-0.4, -0.2) is 24.0 Å². The van der Waals surface area contributed by atoms with Gasteiger partial charge in [-0.3, -0.25) is 20.4 Å². The van der Waals surface area contributed by atoms with Gasteiger partial charge in [-0.25, -0.2) is 0 Å². The van der Waals surface area contributed by atoms with Crippen molar-refractivity contribution in [2.24, 2.45) is 0 Å². The summed E-state index contributed by atoms with van der Waals surface area (Å²) in [5.74, 6) is -0.245. The second kappa shape index (κ2) is 9.80. The first kappa shape index (κ1) is 18.9. The molecule has 8 heteroatoms. The summed E-state index contributed by atoms with van der Waals surface area (Å²) >= 11 is 5.15. The van der Waals surface area contributed by atoms with Crippen LogP contribution in [0.3, 0.4) is 0 Å². The Morgan fingerprint density at radius 2 is 1.77 bits per heavy atom. The number of nitrogens with one attached hydrogen (secondary N) is 5. The van der Waals surface area contributed by atoms with Gasteiger partial charge < -0.3 is 16.0 Å². The lowest BCUT2D eigenvalue weighted by molar-refractivity contribution is -0.109. The zero-order valence-corrected chi connectivity index (χ0v) is 14.7. The van der Waals surface area contributed by atoms with Crippen molar-refractivity contribution >= 4 is 46.7 Å². The first-order chi connectivity index (χ1) is 12.6. The number of hydrazine groups is 1. The topological polar surface area (TPSA) is 94.3 Å². The molecule has 0 fully saturated rings. The first-order valence-electron chi connectivity index (χ1n) is 7.75. The average molecular weight is 369 g/mol. The molecule has 7 nitrogen and oxygen atoms in total. The zero-order valence-electron chi connectivity index (χ0n) is 13.9. The van der Waals surface area contributed by atoms with E-state index in [4.69, 9.17) is 12.2 Å². The molecule has 0 aromatic heterocycles. The van der Waals surface area contributed by atoms with Crippen LogP contribution in [0.15, 0.2) is 61.2 Å². The highest BCUT2D eigenvalue weighted by Gasteiger charge is 2.07. The molecule has 0 spiro atoms. The number of anilines is 3. The number of hydrogen-bond donors (Lipinski definition) is 5. The number of benzene rings is 2. The average Bonchev–Trinajstić information content (AvgIpc) is 2.66. The van der Waals surface area contributed by atoms with E-state index in [1.54, 1.807) is 48.5 Å². The molecule has 2 aromatic rings. The fourth-order valence-electron chi connectivity index (χ4n) is 2.03. The molecule has 0 saturated heterocycles. The van der Waals surface area contributed by atoms with Crippen molar-refractivity contribution in [2.45, 2.75) is 0 Å². The number of rotatable bonds is 8. The predicted molar refractivity (Wildman–Crippen MR) is 108 cm³/mol. The maximum Gasteiger partial charge on any atom is 0.255 e. The van der Waals surface area contributed by atoms with Crippen LogP contribution in [0.5, 0.6) is 0 Å². The highest BCUT2D eigenvalue weighted by Crippen LogP contribution is 2.16. The largest absolute Gasteiger partial charge is 0.359 e. The second-order valence-electron chi connectivity index (χ2n) is 5.12. The van der Waals surface area contributed by atoms with Crippen LogP contribution in [0.25, 0.3) is 0 Å². The van der Waals surface area contributed by atoms with Gasteiger partial charge in [0.2, 0.25) is 6.41 Å². The molecular formula is C18H19N5O2S. The molecule has 2 rings (SSSR count). The third kappa shape index (κ3) is 5.91. The fraction of sp³-hybridized carbons (Fsp3) is 0.0556. The van der Waals surface area contributed by atoms with Crippen molar-refractivity contribution in [1.29, 1.82) is 0 Å². The smallest absolute Gasteiger partial charge is 0.255 e. The number of thiocarbonyl (C=S) groups is 1. The van der Waals surface area contributed by atoms with Crippen molar-refractivity contribution in [3.8, 4) is 0 Å². The van der Waals surface area contributed by atoms with Gasteiger partial charge in [-0.05, 0) is 54.7 Å². The maximum absolute atomic E-state index is 12.4. The SMILES string of the molecule is C=CCNC(=S)Nc1cccc(C(=O)Nc2ccc(NNC=O)cc2)c1. The molecule has 0 bridgehead atoms. The molecule has 2 amide bonds. The van der Waals surface area contributed by atoms with Gasteiger partial charge in [-0.15, -0.1) is 6.58 Å². The van der Waals surface area contributed by atoms with Crippen LogP contribution in [-0.2, 0) is 4.79 Å². The lowest BCUT2D eigenvalue weighted by Gasteiger charge is -2.11. The molecule has 134 valence electrons. The van der Waals surface area contributed by atoms with E-state index >= 15 is 0 Å². The molecule has 0 atom stereocenters. The monoisotopic (exact) mass is 369 g/mol. The minimum absolute atomic E-state index is 0.245.